The largest absolute Gasteiger partial charge is 0.299 e. The molecule has 2 fully saturated rings. The highest BCUT2D eigenvalue weighted by Gasteiger charge is 2.45. The minimum Gasteiger partial charge on any atom is -0.299 e. The van der Waals surface area contributed by atoms with Crippen LogP contribution in [0.4, 0.5) is 0 Å². The molecule has 2 aliphatic carbocycles. The SMILES string of the molecule is C=C(C)C1CCC(C)C2C(=O)CC(C)C2C1. The molecule has 0 heterocycles. The molecule has 0 aromatic heterocycles. The van der Waals surface area contributed by atoms with Crippen molar-refractivity contribution in [2.24, 2.45) is 29.6 Å². The number of hydrogen-bond acceptors (Lipinski definition) is 1. The minimum atomic E-state index is 0.361. The minimum absolute atomic E-state index is 0.361. The van der Waals surface area contributed by atoms with Gasteiger partial charge >= 0.3 is 0 Å². The maximum absolute atomic E-state index is 12.0. The number of ketones is 1. The second-order valence-corrected chi connectivity index (χ2v) is 6.17. The molecule has 1 nitrogen and oxygen atoms in total. The molecule has 16 heavy (non-hydrogen) atoms. The number of rotatable bonds is 1. The van der Waals surface area contributed by atoms with Crippen molar-refractivity contribution < 1.29 is 4.79 Å². The van der Waals surface area contributed by atoms with E-state index in [4.69, 9.17) is 0 Å². The van der Waals surface area contributed by atoms with Crippen LogP contribution in [0, 0.1) is 29.6 Å². The first-order valence-corrected chi connectivity index (χ1v) is 6.68. The Morgan fingerprint density at radius 2 is 1.94 bits per heavy atom. The first-order valence-electron chi connectivity index (χ1n) is 6.68. The molecule has 0 aromatic rings. The van der Waals surface area contributed by atoms with Crippen LogP contribution in [-0.4, -0.2) is 5.78 Å². The smallest absolute Gasteiger partial charge is 0.136 e. The van der Waals surface area contributed by atoms with Crippen molar-refractivity contribution in [2.75, 3.05) is 0 Å². The monoisotopic (exact) mass is 220 g/mol. The van der Waals surface area contributed by atoms with Crippen molar-refractivity contribution in [1.29, 1.82) is 0 Å². The van der Waals surface area contributed by atoms with E-state index >= 15 is 0 Å². The Balaban J connectivity index is 2.21. The predicted molar refractivity (Wildman–Crippen MR) is 67.1 cm³/mol. The zero-order valence-corrected chi connectivity index (χ0v) is 10.8. The number of allylic oxidation sites excluding steroid dienone is 1. The Morgan fingerprint density at radius 3 is 2.56 bits per heavy atom. The van der Waals surface area contributed by atoms with Crippen molar-refractivity contribution in [3.05, 3.63) is 12.2 Å². The second kappa shape index (κ2) is 4.35. The van der Waals surface area contributed by atoms with Gasteiger partial charge in [0.2, 0.25) is 0 Å². The zero-order valence-electron chi connectivity index (χ0n) is 10.8. The molecule has 1 heteroatoms. The Kier molecular flexibility index (Phi) is 3.23. The first kappa shape index (κ1) is 11.9. The molecule has 2 saturated carbocycles. The van der Waals surface area contributed by atoms with Gasteiger partial charge in [-0.15, -0.1) is 0 Å². The lowest BCUT2D eigenvalue weighted by molar-refractivity contribution is -0.122. The van der Waals surface area contributed by atoms with Gasteiger partial charge in [0.25, 0.3) is 0 Å². The van der Waals surface area contributed by atoms with Crippen molar-refractivity contribution in [2.45, 2.75) is 46.5 Å². The van der Waals surface area contributed by atoms with Crippen LogP contribution in [0.1, 0.15) is 46.5 Å². The topological polar surface area (TPSA) is 17.1 Å². The van der Waals surface area contributed by atoms with Gasteiger partial charge < -0.3 is 0 Å². The molecule has 2 rings (SSSR count). The maximum atomic E-state index is 12.0. The highest BCUT2D eigenvalue weighted by atomic mass is 16.1. The molecule has 0 saturated heterocycles. The average Bonchev–Trinajstić information content (AvgIpc) is 2.39. The Labute approximate surface area is 99.3 Å². The van der Waals surface area contributed by atoms with Crippen LogP contribution < -0.4 is 0 Å². The third-order valence-corrected chi connectivity index (χ3v) is 4.92. The first-order chi connectivity index (χ1) is 7.50. The number of hydrogen-bond donors (Lipinski definition) is 0. The van der Waals surface area contributed by atoms with Crippen LogP contribution in [0.15, 0.2) is 12.2 Å². The Hall–Kier alpha value is -0.590. The van der Waals surface area contributed by atoms with Crippen LogP contribution in [0.5, 0.6) is 0 Å². The molecule has 0 N–H and O–H groups in total. The summed E-state index contributed by atoms with van der Waals surface area (Å²) in [7, 11) is 0. The molecular formula is C15H24O. The molecule has 0 aliphatic heterocycles. The lowest BCUT2D eigenvalue weighted by Gasteiger charge is -2.24. The molecule has 90 valence electrons. The van der Waals surface area contributed by atoms with E-state index in [1.807, 2.05) is 0 Å². The molecule has 0 spiro atoms. The van der Waals surface area contributed by atoms with Gasteiger partial charge in [0.05, 0.1) is 0 Å². The molecule has 0 aromatic carbocycles. The summed E-state index contributed by atoms with van der Waals surface area (Å²) in [5.74, 6) is 3.37. The van der Waals surface area contributed by atoms with Crippen LogP contribution in [0.25, 0.3) is 0 Å². The maximum Gasteiger partial charge on any atom is 0.136 e. The molecule has 0 amide bonds. The summed E-state index contributed by atoms with van der Waals surface area (Å²) >= 11 is 0. The van der Waals surface area contributed by atoms with Gasteiger partial charge in [0.15, 0.2) is 0 Å². The van der Waals surface area contributed by atoms with Crippen LogP contribution in [0.3, 0.4) is 0 Å². The van der Waals surface area contributed by atoms with Crippen molar-refractivity contribution in [1.82, 2.24) is 0 Å². The van der Waals surface area contributed by atoms with E-state index in [2.05, 4.69) is 27.4 Å². The summed E-state index contributed by atoms with van der Waals surface area (Å²) in [4.78, 5) is 12.0. The van der Waals surface area contributed by atoms with Gasteiger partial charge in [-0.1, -0.05) is 26.0 Å². The van der Waals surface area contributed by atoms with Gasteiger partial charge in [-0.25, -0.2) is 0 Å². The van der Waals surface area contributed by atoms with E-state index in [0.29, 0.717) is 35.4 Å². The van der Waals surface area contributed by atoms with Crippen molar-refractivity contribution in [3.8, 4) is 0 Å². The molecule has 5 unspecified atom stereocenters. The van der Waals surface area contributed by atoms with Crippen LogP contribution >= 0.6 is 0 Å². The number of carbonyl (C=O) groups excluding carboxylic acids is 1. The van der Waals surface area contributed by atoms with E-state index in [9.17, 15) is 4.79 Å². The van der Waals surface area contributed by atoms with E-state index in [1.165, 1.54) is 24.8 Å². The van der Waals surface area contributed by atoms with E-state index in [1.54, 1.807) is 0 Å². The van der Waals surface area contributed by atoms with Crippen molar-refractivity contribution in [3.63, 3.8) is 0 Å². The Bertz CT molecular complexity index is 305. The van der Waals surface area contributed by atoms with Gasteiger partial charge in [-0.3, -0.25) is 4.79 Å². The standard InChI is InChI=1S/C15H24O/c1-9(2)12-6-5-10(3)15-13(8-12)11(4)7-14(15)16/h10-13,15H,1,5-8H2,2-4H3. The summed E-state index contributed by atoms with van der Waals surface area (Å²) in [6, 6.07) is 0. The molecule has 5 atom stereocenters. The van der Waals surface area contributed by atoms with E-state index in [0.717, 1.165) is 6.42 Å². The third-order valence-electron chi connectivity index (χ3n) is 4.92. The number of carbonyl (C=O) groups is 1. The zero-order chi connectivity index (χ0) is 11.9. The molecular weight excluding hydrogens is 196 g/mol. The summed E-state index contributed by atoms with van der Waals surface area (Å²) in [5, 5.41) is 0. The summed E-state index contributed by atoms with van der Waals surface area (Å²) in [6.45, 7) is 10.8. The van der Waals surface area contributed by atoms with Crippen molar-refractivity contribution >= 4 is 5.78 Å². The summed E-state index contributed by atoms with van der Waals surface area (Å²) < 4.78 is 0. The number of Topliss-reactive ketones (excluding diaryl/α,β-unsaturated/α-hetero) is 1. The van der Waals surface area contributed by atoms with E-state index in [-0.39, 0.29) is 0 Å². The van der Waals surface area contributed by atoms with Gasteiger partial charge in [-0.05, 0) is 49.9 Å². The highest BCUT2D eigenvalue weighted by molar-refractivity contribution is 5.84. The lowest BCUT2D eigenvalue weighted by Crippen LogP contribution is -2.22. The van der Waals surface area contributed by atoms with E-state index < -0.39 is 0 Å². The quantitative estimate of drug-likeness (QED) is 0.614. The second-order valence-electron chi connectivity index (χ2n) is 6.17. The average molecular weight is 220 g/mol. The molecule has 0 radical (unpaired) electrons. The highest BCUT2D eigenvalue weighted by Crippen LogP contribution is 2.47. The van der Waals surface area contributed by atoms with Crippen LogP contribution in [-0.2, 0) is 4.79 Å². The summed E-state index contributed by atoms with van der Waals surface area (Å²) in [6.07, 6.45) is 4.47. The Morgan fingerprint density at radius 1 is 1.25 bits per heavy atom. The van der Waals surface area contributed by atoms with Gasteiger partial charge in [0, 0.05) is 12.3 Å². The fraction of sp³-hybridized carbons (Fsp3) is 0.800. The normalized spacial score (nSPS) is 43.9. The number of fused-ring (bicyclic) bond motifs is 1. The molecule has 0 bridgehead atoms. The van der Waals surface area contributed by atoms with Gasteiger partial charge in [-0.2, -0.15) is 0 Å². The lowest BCUT2D eigenvalue weighted by atomic mass is 9.79. The fourth-order valence-corrected chi connectivity index (χ4v) is 3.85. The molecule has 2 aliphatic rings. The predicted octanol–water partition coefficient (Wildman–Crippen LogP) is 3.84. The summed E-state index contributed by atoms with van der Waals surface area (Å²) in [5.41, 5.74) is 1.32. The van der Waals surface area contributed by atoms with Crippen LogP contribution in [0.2, 0.25) is 0 Å². The van der Waals surface area contributed by atoms with Gasteiger partial charge in [0.1, 0.15) is 5.78 Å². The fourth-order valence-electron chi connectivity index (χ4n) is 3.85. The third kappa shape index (κ3) is 1.97.